The highest BCUT2D eigenvalue weighted by Crippen LogP contribution is 2.48. The molecule has 1 aromatic rings. The van der Waals surface area contributed by atoms with Gasteiger partial charge in [0.2, 0.25) is 11.8 Å². The molecule has 7 nitrogen and oxygen atoms in total. The molecule has 2 amide bonds. The molecule has 25 heavy (non-hydrogen) atoms. The molecule has 0 bridgehead atoms. The summed E-state index contributed by atoms with van der Waals surface area (Å²) in [6.45, 7) is 9.99. The predicted molar refractivity (Wildman–Crippen MR) is 94.8 cm³/mol. The number of amides is 2. The van der Waals surface area contributed by atoms with Crippen molar-refractivity contribution in [3.8, 4) is 0 Å². The molecule has 2 fully saturated rings. The Balaban J connectivity index is 1.47. The summed E-state index contributed by atoms with van der Waals surface area (Å²) in [6, 6.07) is 0. The molecule has 1 N–H and O–H groups in total. The molecule has 0 aromatic carbocycles. The van der Waals surface area contributed by atoms with Gasteiger partial charge in [0.25, 0.3) is 0 Å². The monoisotopic (exact) mass is 347 g/mol. The van der Waals surface area contributed by atoms with Crippen LogP contribution in [0, 0.1) is 5.41 Å². The highest BCUT2D eigenvalue weighted by molar-refractivity contribution is 5.85. The highest BCUT2D eigenvalue weighted by Gasteiger charge is 2.52. The van der Waals surface area contributed by atoms with Crippen molar-refractivity contribution in [2.75, 3.05) is 32.7 Å². The van der Waals surface area contributed by atoms with Gasteiger partial charge >= 0.3 is 0 Å². The van der Waals surface area contributed by atoms with Crippen molar-refractivity contribution < 1.29 is 9.59 Å². The molecule has 0 unspecified atom stereocenters. The Morgan fingerprint density at radius 3 is 2.36 bits per heavy atom. The van der Waals surface area contributed by atoms with Crippen LogP contribution in [-0.2, 0) is 16.1 Å². The second-order valence-corrected chi connectivity index (χ2v) is 8.38. The number of imidazole rings is 1. The first-order chi connectivity index (χ1) is 11.8. The van der Waals surface area contributed by atoms with E-state index in [1.165, 1.54) is 0 Å². The van der Waals surface area contributed by atoms with Gasteiger partial charge in [-0.3, -0.25) is 14.5 Å². The van der Waals surface area contributed by atoms with Crippen molar-refractivity contribution in [1.82, 2.24) is 24.7 Å². The maximum absolute atomic E-state index is 12.9. The molecule has 1 aliphatic carbocycles. The summed E-state index contributed by atoms with van der Waals surface area (Å²) in [5, 5.41) is 2.99. The zero-order valence-corrected chi connectivity index (χ0v) is 15.5. The molecule has 2 heterocycles. The van der Waals surface area contributed by atoms with Gasteiger partial charge in [0.1, 0.15) is 0 Å². The largest absolute Gasteiger partial charge is 0.350 e. The van der Waals surface area contributed by atoms with E-state index in [1.54, 1.807) is 12.5 Å². The molecule has 1 aliphatic heterocycles. The Kier molecular flexibility index (Phi) is 4.86. The van der Waals surface area contributed by atoms with Crippen LogP contribution in [-0.4, -0.2) is 69.4 Å². The number of aromatic nitrogens is 2. The topological polar surface area (TPSA) is 70.5 Å². The van der Waals surface area contributed by atoms with Crippen LogP contribution < -0.4 is 5.32 Å². The van der Waals surface area contributed by atoms with Gasteiger partial charge in [0.05, 0.1) is 18.3 Å². The van der Waals surface area contributed by atoms with Gasteiger partial charge in [-0.05, 0) is 33.6 Å². The lowest BCUT2D eigenvalue weighted by Gasteiger charge is -2.36. The van der Waals surface area contributed by atoms with Crippen molar-refractivity contribution in [3.05, 3.63) is 18.7 Å². The maximum Gasteiger partial charge on any atom is 0.234 e. The number of hydrogen-bond acceptors (Lipinski definition) is 4. The quantitative estimate of drug-likeness (QED) is 0.852. The minimum absolute atomic E-state index is 0.0473. The normalized spacial score (nSPS) is 20.4. The molecule has 1 saturated carbocycles. The lowest BCUT2D eigenvalue weighted by atomic mass is 10.0. The lowest BCUT2D eigenvalue weighted by molar-refractivity contribution is -0.139. The van der Waals surface area contributed by atoms with E-state index in [4.69, 9.17) is 0 Å². The predicted octanol–water partition coefficient (Wildman–Crippen LogP) is 0.722. The van der Waals surface area contributed by atoms with Crippen molar-refractivity contribution in [2.24, 2.45) is 5.41 Å². The number of carbonyl (C=O) groups is 2. The fourth-order valence-electron chi connectivity index (χ4n) is 3.43. The third-order valence-electron chi connectivity index (χ3n) is 4.89. The molecule has 3 rings (SSSR count). The van der Waals surface area contributed by atoms with Gasteiger partial charge in [0.15, 0.2) is 0 Å². The summed E-state index contributed by atoms with van der Waals surface area (Å²) in [6.07, 6.45) is 7.36. The molecule has 2 aliphatic rings. The number of hydrogen-bond donors (Lipinski definition) is 1. The van der Waals surface area contributed by atoms with Crippen LogP contribution in [0.15, 0.2) is 18.7 Å². The smallest absolute Gasteiger partial charge is 0.234 e. The van der Waals surface area contributed by atoms with Gasteiger partial charge in [-0.15, -0.1) is 0 Å². The molecule has 0 spiro atoms. The van der Waals surface area contributed by atoms with E-state index in [9.17, 15) is 9.59 Å². The number of nitrogens with one attached hydrogen (secondary N) is 1. The summed E-state index contributed by atoms with van der Waals surface area (Å²) in [4.78, 5) is 33.1. The average Bonchev–Trinajstić information content (AvgIpc) is 3.12. The van der Waals surface area contributed by atoms with Gasteiger partial charge in [-0.25, -0.2) is 4.98 Å². The second kappa shape index (κ2) is 6.78. The van der Waals surface area contributed by atoms with Crippen molar-refractivity contribution in [3.63, 3.8) is 0 Å². The van der Waals surface area contributed by atoms with Crippen LogP contribution >= 0.6 is 0 Å². The SMILES string of the molecule is CC(C)(C)NC(=O)CN1CCN(C(=O)C2(Cn3ccnc3)CC2)CC1. The summed E-state index contributed by atoms with van der Waals surface area (Å²) < 4.78 is 2.00. The van der Waals surface area contributed by atoms with Crippen molar-refractivity contribution in [2.45, 2.75) is 45.7 Å². The molecule has 1 saturated heterocycles. The summed E-state index contributed by atoms with van der Waals surface area (Å²) in [5.41, 5.74) is -0.437. The fraction of sp³-hybridized carbons (Fsp3) is 0.722. The lowest BCUT2D eigenvalue weighted by Crippen LogP contribution is -2.54. The molecule has 0 atom stereocenters. The van der Waals surface area contributed by atoms with Crippen LogP contribution in [0.5, 0.6) is 0 Å². The van der Waals surface area contributed by atoms with E-state index in [0.717, 1.165) is 32.5 Å². The molecule has 0 radical (unpaired) electrons. The van der Waals surface area contributed by atoms with Crippen molar-refractivity contribution >= 4 is 11.8 Å². The van der Waals surface area contributed by atoms with Crippen molar-refractivity contribution in [1.29, 1.82) is 0 Å². The first-order valence-electron chi connectivity index (χ1n) is 9.06. The van der Waals surface area contributed by atoms with E-state index in [0.29, 0.717) is 19.6 Å². The summed E-state index contributed by atoms with van der Waals surface area (Å²) >= 11 is 0. The minimum Gasteiger partial charge on any atom is -0.350 e. The fourth-order valence-corrected chi connectivity index (χ4v) is 3.43. The van der Waals surface area contributed by atoms with Crippen LogP contribution in [0.2, 0.25) is 0 Å². The number of rotatable bonds is 5. The number of piperazine rings is 1. The third kappa shape index (κ3) is 4.60. The van der Waals surface area contributed by atoms with Gasteiger partial charge in [-0.1, -0.05) is 0 Å². The van der Waals surface area contributed by atoms with Crippen LogP contribution in [0.4, 0.5) is 0 Å². The molecule has 7 heteroatoms. The van der Waals surface area contributed by atoms with Gasteiger partial charge in [-0.2, -0.15) is 0 Å². The Labute approximate surface area is 149 Å². The average molecular weight is 347 g/mol. The molecular weight excluding hydrogens is 318 g/mol. The Morgan fingerprint density at radius 1 is 1.16 bits per heavy atom. The molecule has 1 aromatic heterocycles. The first-order valence-corrected chi connectivity index (χ1v) is 9.06. The zero-order valence-electron chi connectivity index (χ0n) is 15.5. The Morgan fingerprint density at radius 2 is 1.84 bits per heavy atom. The van der Waals surface area contributed by atoms with Crippen LogP contribution in [0.1, 0.15) is 33.6 Å². The standard InChI is InChI=1S/C18H29N5O2/c1-17(2,3)20-15(24)12-21-8-10-23(11-9-21)16(25)18(4-5-18)13-22-7-6-19-14-22/h6-7,14H,4-5,8-13H2,1-3H3,(H,20,24). The second-order valence-electron chi connectivity index (χ2n) is 8.38. The van der Waals surface area contributed by atoms with Crippen LogP contribution in [0.25, 0.3) is 0 Å². The first kappa shape index (κ1) is 17.9. The summed E-state index contributed by atoms with van der Waals surface area (Å²) in [7, 11) is 0. The third-order valence-corrected chi connectivity index (χ3v) is 4.89. The maximum atomic E-state index is 12.9. The van der Waals surface area contributed by atoms with E-state index in [1.807, 2.05) is 36.4 Å². The molecular formula is C18H29N5O2. The van der Waals surface area contributed by atoms with Crippen LogP contribution in [0.3, 0.4) is 0 Å². The zero-order chi connectivity index (χ0) is 18.1. The number of carbonyl (C=O) groups excluding carboxylic acids is 2. The summed E-state index contributed by atoms with van der Waals surface area (Å²) in [5.74, 6) is 0.311. The van der Waals surface area contributed by atoms with E-state index in [-0.39, 0.29) is 22.8 Å². The van der Waals surface area contributed by atoms with E-state index >= 15 is 0 Å². The minimum atomic E-state index is -0.230. The van der Waals surface area contributed by atoms with E-state index < -0.39 is 0 Å². The Hall–Kier alpha value is -1.89. The van der Waals surface area contributed by atoms with E-state index in [2.05, 4.69) is 15.2 Å². The van der Waals surface area contributed by atoms with Gasteiger partial charge in [0, 0.05) is 50.7 Å². The number of nitrogens with zero attached hydrogens (tertiary/aromatic N) is 4. The van der Waals surface area contributed by atoms with Gasteiger partial charge < -0.3 is 14.8 Å². The Bertz CT molecular complexity index is 608. The molecule has 138 valence electrons. The highest BCUT2D eigenvalue weighted by atomic mass is 16.2.